The first-order valence-electron chi connectivity index (χ1n) is 6.80. The second kappa shape index (κ2) is 5.41. The van der Waals surface area contributed by atoms with Crippen LogP contribution in [0.15, 0.2) is 23.1 Å². The van der Waals surface area contributed by atoms with Crippen LogP contribution in [0.1, 0.15) is 12.6 Å². The average molecular weight is 324 g/mol. The number of nitrogens with two attached hydrogens (primary N) is 1. The first-order chi connectivity index (χ1) is 10.4. The maximum atomic E-state index is 12.1. The molecule has 2 aliphatic rings. The molecular weight excluding hydrogens is 308 g/mol. The van der Waals surface area contributed by atoms with Crippen LogP contribution in [0, 0.1) is 5.92 Å². The maximum Gasteiger partial charge on any atom is 0.353 e. The summed E-state index contributed by atoms with van der Waals surface area (Å²) in [5.41, 5.74) is 6.77. The number of thioether (sulfide) groups is 1. The van der Waals surface area contributed by atoms with Crippen LogP contribution in [-0.2, 0) is 16.0 Å². The Hall–Kier alpha value is -1.84. The minimum atomic E-state index is -1.18. The number of aliphatic hydroxyl groups excluding tert-OH is 1. The van der Waals surface area contributed by atoms with Crippen molar-refractivity contribution < 1.29 is 19.8 Å². The lowest BCUT2D eigenvalue weighted by Gasteiger charge is -2.43. The van der Waals surface area contributed by atoms with Gasteiger partial charge in [-0.25, -0.2) is 9.78 Å². The van der Waals surface area contributed by atoms with E-state index >= 15 is 0 Å². The van der Waals surface area contributed by atoms with E-state index in [1.165, 1.54) is 29.9 Å². The SMILES string of the molecule is CC(O)[C@H]1C(=O)N2C(C(=O)O)=C([C@H](N)Cc3c[nH]cn3)S[C@H]12. The van der Waals surface area contributed by atoms with E-state index in [0.29, 0.717) is 11.3 Å². The number of rotatable bonds is 5. The van der Waals surface area contributed by atoms with Gasteiger partial charge in [0.25, 0.3) is 0 Å². The number of nitrogens with zero attached hydrogens (tertiary/aromatic N) is 2. The highest BCUT2D eigenvalue weighted by atomic mass is 32.2. The van der Waals surface area contributed by atoms with E-state index in [1.54, 1.807) is 6.20 Å². The van der Waals surface area contributed by atoms with Crippen LogP contribution in [0.3, 0.4) is 0 Å². The molecule has 22 heavy (non-hydrogen) atoms. The van der Waals surface area contributed by atoms with Gasteiger partial charge in [-0.3, -0.25) is 9.69 Å². The summed E-state index contributed by atoms with van der Waals surface area (Å²) in [7, 11) is 0. The highest BCUT2D eigenvalue weighted by Gasteiger charge is 2.58. The molecular formula is C13H16N4O4S. The number of carbonyl (C=O) groups excluding carboxylic acids is 1. The molecule has 0 saturated carbocycles. The summed E-state index contributed by atoms with van der Waals surface area (Å²) in [5, 5.41) is 18.7. The molecule has 5 N–H and O–H groups in total. The fourth-order valence-electron chi connectivity index (χ4n) is 2.79. The topological polar surface area (TPSA) is 133 Å². The summed E-state index contributed by atoms with van der Waals surface area (Å²) in [5.74, 6) is -2.14. The first-order valence-corrected chi connectivity index (χ1v) is 7.68. The van der Waals surface area contributed by atoms with E-state index in [9.17, 15) is 19.8 Å². The highest BCUT2D eigenvalue weighted by Crippen LogP contribution is 2.51. The lowest BCUT2D eigenvalue weighted by molar-refractivity contribution is -0.156. The van der Waals surface area contributed by atoms with Crippen LogP contribution < -0.4 is 5.73 Å². The molecule has 2 aliphatic heterocycles. The molecule has 0 bridgehead atoms. The number of carboxylic acid groups (broad SMARTS) is 1. The molecule has 4 atom stereocenters. The molecule has 3 heterocycles. The molecule has 0 aromatic carbocycles. The lowest BCUT2D eigenvalue weighted by atomic mass is 9.92. The van der Waals surface area contributed by atoms with Gasteiger partial charge in [-0.05, 0) is 6.92 Å². The Morgan fingerprint density at radius 1 is 1.64 bits per heavy atom. The Morgan fingerprint density at radius 3 is 2.91 bits per heavy atom. The van der Waals surface area contributed by atoms with Crippen molar-refractivity contribution in [3.63, 3.8) is 0 Å². The number of aromatic amines is 1. The zero-order valence-electron chi connectivity index (χ0n) is 11.8. The number of β-lactam (4-membered cyclic amide) rings is 1. The number of amides is 1. The number of nitrogens with one attached hydrogen (secondary N) is 1. The predicted molar refractivity (Wildman–Crippen MR) is 78.3 cm³/mol. The zero-order valence-corrected chi connectivity index (χ0v) is 12.6. The summed E-state index contributed by atoms with van der Waals surface area (Å²) < 4.78 is 0. The molecule has 1 fully saturated rings. The van der Waals surface area contributed by atoms with Crippen molar-refractivity contribution in [2.24, 2.45) is 11.7 Å². The van der Waals surface area contributed by atoms with E-state index in [2.05, 4.69) is 9.97 Å². The number of aromatic nitrogens is 2. The second-order valence-corrected chi connectivity index (χ2v) is 6.53. The van der Waals surface area contributed by atoms with Crippen molar-refractivity contribution in [2.75, 3.05) is 0 Å². The molecule has 1 saturated heterocycles. The van der Waals surface area contributed by atoms with Crippen LogP contribution in [0.4, 0.5) is 0 Å². The first kappa shape index (κ1) is 15.1. The number of aliphatic hydroxyl groups is 1. The van der Waals surface area contributed by atoms with Gasteiger partial charge in [0, 0.05) is 23.6 Å². The monoisotopic (exact) mass is 324 g/mol. The minimum absolute atomic E-state index is 0.0695. The summed E-state index contributed by atoms with van der Waals surface area (Å²) in [6, 6.07) is -0.563. The van der Waals surface area contributed by atoms with E-state index in [-0.39, 0.29) is 17.0 Å². The second-order valence-electron chi connectivity index (χ2n) is 5.37. The Labute approximate surface area is 130 Å². The van der Waals surface area contributed by atoms with Gasteiger partial charge in [-0.1, -0.05) is 11.8 Å². The Morgan fingerprint density at radius 2 is 2.36 bits per heavy atom. The van der Waals surface area contributed by atoms with E-state index < -0.39 is 24.0 Å². The van der Waals surface area contributed by atoms with E-state index in [0.717, 1.165) is 5.69 Å². The molecule has 118 valence electrons. The number of carbonyl (C=O) groups is 2. The molecule has 9 heteroatoms. The maximum absolute atomic E-state index is 12.1. The highest BCUT2D eigenvalue weighted by molar-refractivity contribution is 8.04. The van der Waals surface area contributed by atoms with Gasteiger partial charge in [0.05, 0.1) is 24.0 Å². The third kappa shape index (κ3) is 2.21. The van der Waals surface area contributed by atoms with Crippen molar-refractivity contribution in [3.05, 3.63) is 28.8 Å². The number of H-pyrrole nitrogens is 1. The van der Waals surface area contributed by atoms with Crippen molar-refractivity contribution in [3.8, 4) is 0 Å². The Bertz CT molecular complexity index is 642. The largest absolute Gasteiger partial charge is 0.477 e. The molecule has 0 aliphatic carbocycles. The molecule has 1 unspecified atom stereocenters. The standard InChI is InChI=1S/C13H16N4O4S/c1-5(18)8-11(19)17-9(13(20)21)10(22-12(8)17)7(14)2-6-3-15-4-16-6/h3-5,7-8,12,18H,2,14H2,1H3,(H,15,16)(H,20,21)/t5?,7-,8+,12-/m1/s1. The Kier molecular flexibility index (Phi) is 3.71. The third-order valence-electron chi connectivity index (χ3n) is 3.85. The molecule has 1 aromatic rings. The van der Waals surface area contributed by atoms with Crippen LogP contribution >= 0.6 is 11.8 Å². The Balaban J connectivity index is 1.86. The quantitative estimate of drug-likeness (QED) is 0.536. The molecule has 3 rings (SSSR count). The third-order valence-corrected chi connectivity index (χ3v) is 5.34. The summed E-state index contributed by atoms with van der Waals surface area (Å²) >= 11 is 1.25. The van der Waals surface area contributed by atoms with Gasteiger partial charge in [0.2, 0.25) is 5.91 Å². The fourth-order valence-corrected chi connectivity index (χ4v) is 4.41. The van der Waals surface area contributed by atoms with E-state index in [4.69, 9.17) is 5.73 Å². The molecule has 1 aromatic heterocycles. The molecule has 1 amide bonds. The number of aliphatic carboxylic acids is 1. The average Bonchev–Trinajstić information content (AvgIpc) is 3.03. The number of imidazole rings is 1. The normalized spacial score (nSPS) is 26.7. The van der Waals surface area contributed by atoms with Gasteiger partial charge >= 0.3 is 5.97 Å². The van der Waals surface area contributed by atoms with Gasteiger partial charge in [0.1, 0.15) is 11.1 Å². The fraction of sp³-hybridized carbons (Fsp3) is 0.462. The van der Waals surface area contributed by atoms with Crippen molar-refractivity contribution in [1.82, 2.24) is 14.9 Å². The van der Waals surface area contributed by atoms with Crippen LogP contribution in [0.2, 0.25) is 0 Å². The van der Waals surface area contributed by atoms with E-state index in [1.807, 2.05) is 0 Å². The number of carboxylic acids is 1. The summed E-state index contributed by atoms with van der Waals surface area (Å²) in [6.45, 7) is 1.53. The van der Waals surface area contributed by atoms with Crippen LogP contribution in [0.25, 0.3) is 0 Å². The van der Waals surface area contributed by atoms with Gasteiger partial charge in [-0.15, -0.1) is 0 Å². The van der Waals surface area contributed by atoms with Gasteiger partial charge in [-0.2, -0.15) is 0 Å². The van der Waals surface area contributed by atoms with Crippen molar-refractivity contribution >= 4 is 23.6 Å². The van der Waals surface area contributed by atoms with Gasteiger partial charge < -0.3 is 20.9 Å². The predicted octanol–water partition coefficient (Wildman–Crippen LogP) is -0.512. The van der Waals surface area contributed by atoms with Crippen LogP contribution in [0.5, 0.6) is 0 Å². The summed E-state index contributed by atoms with van der Waals surface area (Å²) in [6.07, 6.45) is 2.77. The smallest absolute Gasteiger partial charge is 0.353 e. The summed E-state index contributed by atoms with van der Waals surface area (Å²) in [4.78, 5) is 32.2. The molecule has 8 nitrogen and oxygen atoms in total. The van der Waals surface area contributed by atoms with Crippen molar-refractivity contribution in [2.45, 2.75) is 30.9 Å². The van der Waals surface area contributed by atoms with Crippen molar-refractivity contribution in [1.29, 1.82) is 0 Å². The molecule has 0 spiro atoms. The zero-order chi connectivity index (χ0) is 16.0. The van der Waals surface area contributed by atoms with Crippen LogP contribution in [-0.4, -0.2) is 54.5 Å². The minimum Gasteiger partial charge on any atom is -0.477 e. The number of hydrogen-bond acceptors (Lipinski definition) is 6. The number of hydrogen-bond donors (Lipinski definition) is 4. The molecule has 0 radical (unpaired) electrons. The van der Waals surface area contributed by atoms with Gasteiger partial charge in [0.15, 0.2) is 0 Å². The lowest BCUT2D eigenvalue weighted by Crippen LogP contribution is -2.60. The number of fused-ring (bicyclic) bond motifs is 1.